The van der Waals surface area contributed by atoms with Gasteiger partial charge in [-0.15, -0.1) is 10.2 Å². The molecule has 1 aliphatic rings. The highest BCUT2D eigenvalue weighted by molar-refractivity contribution is 7.99. The van der Waals surface area contributed by atoms with Crippen LogP contribution < -0.4 is 4.74 Å². The number of rotatable bonds is 6. The third kappa shape index (κ3) is 4.46. The standard InChI is InChI=1S/C20H28N4O2S/c1-14-7-5-6-8-17(14)24-19(15-9-11-16(26-4)12-10-15)21-22-20(24)27-13-18(25)23(2)3/h9-12,14,17H,5-8,13H2,1-4H3/t14-,17+/m1/s1. The van der Waals surface area contributed by atoms with Gasteiger partial charge in [0, 0.05) is 25.7 Å². The van der Waals surface area contributed by atoms with Gasteiger partial charge < -0.3 is 9.64 Å². The number of thioether (sulfide) groups is 1. The molecule has 6 nitrogen and oxygen atoms in total. The van der Waals surface area contributed by atoms with E-state index in [4.69, 9.17) is 4.74 Å². The van der Waals surface area contributed by atoms with Crippen molar-refractivity contribution in [3.05, 3.63) is 24.3 Å². The monoisotopic (exact) mass is 388 g/mol. The topological polar surface area (TPSA) is 60.3 Å². The van der Waals surface area contributed by atoms with Crippen LogP contribution >= 0.6 is 11.8 Å². The molecule has 0 spiro atoms. The summed E-state index contributed by atoms with van der Waals surface area (Å²) in [5.41, 5.74) is 1.02. The van der Waals surface area contributed by atoms with E-state index in [1.54, 1.807) is 26.1 Å². The maximum Gasteiger partial charge on any atom is 0.232 e. The zero-order valence-electron chi connectivity index (χ0n) is 16.5. The second kappa shape index (κ2) is 8.78. The Morgan fingerprint density at radius 2 is 1.93 bits per heavy atom. The lowest BCUT2D eigenvalue weighted by molar-refractivity contribution is -0.125. The molecule has 0 N–H and O–H groups in total. The van der Waals surface area contributed by atoms with Crippen molar-refractivity contribution < 1.29 is 9.53 Å². The summed E-state index contributed by atoms with van der Waals surface area (Å²) in [5.74, 6) is 2.71. The average Bonchev–Trinajstić information content (AvgIpc) is 3.10. The largest absolute Gasteiger partial charge is 0.497 e. The van der Waals surface area contributed by atoms with Crippen LogP contribution in [0.3, 0.4) is 0 Å². The molecule has 2 aromatic rings. The molecule has 2 atom stereocenters. The van der Waals surface area contributed by atoms with Crippen LogP contribution in [0, 0.1) is 5.92 Å². The Bertz CT molecular complexity index is 773. The normalized spacial score (nSPS) is 19.7. The summed E-state index contributed by atoms with van der Waals surface area (Å²) in [6, 6.07) is 8.29. The lowest BCUT2D eigenvalue weighted by atomic mass is 9.85. The molecule has 1 heterocycles. The van der Waals surface area contributed by atoms with E-state index in [1.807, 2.05) is 24.3 Å². The number of nitrogens with zero attached hydrogens (tertiary/aromatic N) is 4. The van der Waals surface area contributed by atoms with Gasteiger partial charge in [0.05, 0.1) is 12.9 Å². The van der Waals surface area contributed by atoms with Gasteiger partial charge in [-0.05, 0) is 43.0 Å². The van der Waals surface area contributed by atoms with Crippen LogP contribution in [0.4, 0.5) is 0 Å². The predicted molar refractivity (Wildman–Crippen MR) is 108 cm³/mol. The summed E-state index contributed by atoms with van der Waals surface area (Å²) in [6.45, 7) is 2.31. The van der Waals surface area contributed by atoms with Gasteiger partial charge in [0.15, 0.2) is 11.0 Å². The summed E-state index contributed by atoms with van der Waals surface area (Å²) in [5, 5.41) is 9.78. The first kappa shape index (κ1) is 19.7. The third-order valence-corrected chi connectivity index (χ3v) is 6.16. The molecule has 1 aromatic carbocycles. The second-order valence-electron chi connectivity index (χ2n) is 7.31. The molecule has 27 heavy (non-hydrogen) atoms. The van der Waals surface area contributed by atoms with Crippen LogP contribution in [-0.4, -0.2) is 52.5 Å². The van der Waals surface area contributed by atoms with Crippen molar-refractivity contribution in [2.45, 2.75) is 43.8 Å². The Morgan fingerprint density at radius 1 is 1.22 bits per heavy atom. The van der Waals surface area contributed by atoms with E-state index in [-0.39, 0.29) is 5.91 Å². The molecule has 1 amide bonds. The summed E-state index contributed by atoms with van der Waals surface area (Å²) in [6.07, 6.45) is 4.83. The molecular formula is C20H28N4O2S. The number of amides is 1. The lowest BCUT2D eigenvalue weighted by Gasteiger charge is -2.31. The van der Waals surface area contributed by atoms with Gasteiger partial charge in [-0.25, -0.2) is 0 Å². The van der Waals surface area contributed by atoms with E-state index in [1.165, 1.54) is 31.0 Å². The number of ether oxygens (including phenoxy) is 1. The van der Waals surface area contributed by atoms with Gasteiger partial charge in [-0.3, -0.25) is 9.36 Å². The highest BCUT2D eigenvalue weighted by Gasteiger charge is 2.29. The van der Waals surface area contributed by atoms with E-state index in [9.17, 15) is 4.79 Å². The van der Waals surface area contributed by atoms with Crippen molar-refractivity contribution in [1.29, 1.82) is 0 Å². The zero-order chi connectivity index (χ0) is 19.4. The van der Waals surface area contributed by atoms with Crippen molar-refractivity contribution in [1.82, 2.24) is 19.7 Å². The maximum atomic E-state index is 12.0. The molecule has 3 rings (SSSR count). The minimum atomic E-state index is 0.0808. The average molecular weight is 389 g/mol. The molecule has 1 saturated carbocycles. The molecule has 1 aliphatic carbocycles. The van der Waals surface area contributed by atoms with Crippen molar-refractivity contribution in [3.63, 3.8) is 0 Å². The number of hydrogen-bond acceptors (Lipinski definition) is 5. The molecule has 0 bridgehead atoms. The molecule has 0 aliphatic heterocycles. The van der Waals surface area contributed by atoms with Crippen molar-refractivity contribution in [2.75, 3.05) is 27.0 Å². The first-order valence-corrected chi connectivity index (χ1v) is 10.4. The Balaban J connectivity index is 1.95. The molecule has 1 aromatic heterocycles. The summed E-state index contributed by atoms with van der Waals surface area (Å²) >= 11 is 1.48. The van der Waals surface area contributed by atoms with E-state index in [0.717, 1.165) is 28.7 Å². The van der Waals surface area contributed by atoms with E-state index in [2.05, 4.69) is 21.7 Å². The van der Waals surface area contributed by atoms with Crippen LogP contribution in [0.1, 0.15) is 38.6 Å². The van der Waals surface area contributed by atoms with Crippen LogP contribution in [0.2, 0.25) is 0 Å². The summed E-state index contributed by atoms with van der Waals surface area (Å²) in [7, 11) is 5.22. The smallest absolute Gasteiger partial charge is 0.232 e. The maximum absolute atomic E-state index is 12.0. The molecule has 1 fully saturated rings. The molecule has 146 valence electrons. The fourth-order valence-corrected chi connectivity index (χ4v) is 4.52. The minimum Gasteiger partial charge on any atom is -0.497 e. The molecule has 0 radical (unpaired) electrons. The Morgan fingerprint density at radius 3 is 2.56 bits per heavy atom. The first-order valence-electron chi connectivity index (χ1n) is 9.43. The first-order chi connectivity index (χ1) is 13.0. The van der Waals surface area contributed by atoms with E-state index in [0.29, 0.717) is 17.7 Å². The number of carbonyl (C=O) groups excluding carboxylic acids is 1. The molecule has 0 unspecified atom stereocenters. The van der Waals surface area contributed by atoms with Crippen LogP contribution in [-0.2, 0) is 4.79 Å². The Labute approximate surface area is 165 Å². The van der Waals surface area contributed by atoms with Crippen molar-refractivity contribution in [3.8, 4) is 17.1 Å². The van der Waals surface area contributed by atoms with Gasteiger partial charge in [-0.2, -0.15) is 0 Å². The highest BCUT2D eigenvalue weighted by Crippen LogP contribution is 2.39. The zero-order valence-corrected chi connectivity index (χ0v) is 17.3. The van der Waals surface area contributed by atoms with E-state index < -0.39 is 0 Å². The van der Waals surface area contributed by atoms with E-state index >= 15 is 0 Å². The summed E-state index contributed by atoms with van der Waals surface area (Å²) in [4.78, 5) is 13.7. The Hall–Kier alpha value is -2.02. The number of aromatic nitrogens is 3. The fourth-order valence-electron chi connectivity index (χ4n) is 3.55. The third-order valence-electron chi connectivity index (χ3n) is 5.23. The number of carbonyl (C=O) groups is 1. The number of hydrogen-bond donors (Lipinski definition) is 0. The van der Waals surface area contributed by atoms with Gasteiger partial charge in [0.1, 0.15) is 5.75 Å². The number of benzene rings is 1. The highest BCUT2D eigenvalue weighted by atomic mass is 32.2. The lowest BCUT2D eigenvalue weighted by Crippen LogP contribution is -2.25. The fraction of sp³-hybridized carbons (Fsp3) is 0.550. The second-order valence-corrected chi connectivity index (χ2v) is 8.25. The van der Waals surface area contributed by atoms with Gasteiger partial charge >= 0.3 is 0 Å². The molecule has 7 heteroatoms. The number of methoxy groups -OCH3 is 1. The van der Waals surface area contributed by atoms with Crippen LogP contribution in [0.15, 0.2) is 29.4 Å². The minimum absolute atomic E-state index is 0.0808. The van der Waals surface area contributed by atoms with Gasteiger partial charge in [0.25, 0.3) is 0 Å². The SMILES string of the molecule is COc1ccc(-c2nnc(SCC(=O)N(C)C)n2[C@H]2CCCC[C@H]2C)cc1. The van der Waals surface area contributed by atoms with Gasteiger partial charge in [0.2, 0.25) is 5.91 Å². The molecule has 0 saturated heterocycles. The Kier molecular flexibility index (Phi) is 6.42. The van der Waals surface area contributed by atoms with Crippen LogP contribution in [0.5, 0.6) is 5.75 Å². The van der Waals surface area contributed by atoms with Crippen molar-refractivity contribution in [2.24, 2.45) is 5.92 Å². The van der Waals surface area contributed by atoms with Crippen molar-refractivity contribution >= 4 is 17.7 Å². The van der Waals surface area contributed by atoms with Gasteiger partial charge in [-0.1, -0.05) is 31.5 Å². The summed E-state index contributed by atoms with van der Waals surface area (Å²) < 4.78 is 7.54. The quantitative estimate of drug-likeness (QED) is 0.703. The van der Waals surface area contributed by atoms with Crippen LogP contribution in [0.25, 0.3) is 11.4 Å². The predicted octanol–water partition coefficient (Wildman–Crippen LogP) is 3.89. The molecular weight excluding hydrogens is 360 g/mol.